The Kier molecular flexibility index (Phi) is 4.41. The van der Waals surface area contributed by atoms with Gasteiger partial charge in [0.1, 0.15) is 5.75 Å². The van der Waals surface area contributed by atoms with Crippen molar-refractivity contribution >= 4 is 16.5 Å². The summed E-state index contributed by atoms with van der Waals surface area (Å²) in [6, 6.07) is 8.02. The summed E-state index contributed by atoms with van der Waals surface area (Å²) < 4.78 is 10.8. The van der Waals surface area contributed by atoms with Crippen LogP contribution in [0.1, 0.15) is 17.7 Å². The lowest BCUT2D eigenvalue weighted by molar-refractivity contribution is 0.120. The molecule has 0 aliphatic carbocycles. The van der Waals surface area contributed by atoms with Crippen LogP contribution in [0.15, 0.2) is 24.3 Å². The van der Waals surface area contributed by atoms with Crippen LogP contribution in [-0.4, -0.2) is 31.3 Å². The number of aromatic nitrogens is 1. The lowest BCUT2D eigenvalue weighted by atomic mass is 10.1. The average molecular weight is 304 g/mol. The Morgan fingerprint density at radius 1 is 1.38 bits per heavy atom. The Morgan fingerprint density at radius 2 is 2.19 bits per heavy atom. The van der Waals surface area contributed by atoms with Crippen LogP contribution < -0.4 is 10.1 Å². The molecule has 2 heterocycles. The molecule has 1 aromatic carbocycles. The second-order valence-electron chi connectivity index (χ2n) is 5.17. The number of methoxy groups -OCH3 is 1. The van der Waals surface area contributed by atoms with Crippen molar-refractivity contribution < 1.29 is 9.47 Å². The van der Waals surface area contributed by atoms with Crippen molar-refractivity contribution in [2.45, 2.75) is 25.9 Å². The number of hydrogen-bond acceptors (Lipinski definition) is 5. The Balaban J connectivity index is 1.70. The van der Waals surface area contributed by atoms with Crippen LogP contribution in [0.5, 0.6) is 5.75 Å². The zero-order chi connectivity index (χ0) is 14.7. The average Bonchev–Trinajstić information content (AvgIpc) is 3.15. The molecule has 2 aromatic rings. The molecule has 1 aliphatic heterocycles. The summed E-state index contributed by atoms with van der Waals surface area (Å²) >= 11 is 1.69. The van der Waals surface area contributed by atoms with Gasteiger partial charge in [0.2, 0.25) is 0 Å². The third-order valence-electron chi connectivity index (χ3n) is 3.66. The standard InChI is InChI=1S/C16H20N2O2S/c1-11-15(12-5-7-13(19-2)8-6-12)18-16(21-11)17-10-14-4-3-9-20-14/h5-8,14H,3-4,9-10H2,1-2H3,(H,17,18). The second-order valence-corrected chi connectivity index (χ2v) is 6.37. The van der Waals surface area contributed by atoms with Crippen molar-refractivity contribution in [1.29, 1.82) is 0 Å². The molecular formula is C16H20N2O2S. The minimum Gasteiger partial charge on any atom is -0.497 e. The molecule has 5 heteroatoms. The SMILES string of the molecule is COc1ccc(-c2nc(NCC3CCCO3)sc2C)cc1. The third kappa shape index (κ3) is 3.36. The topological polar surface area (TPSA) is 43.4 Å². The van der Waals surface area contributed by atoms with E-state index in [1.807, 2.05) is 24.3 Å². The van der Waals surface area contributed by atoms with Crippen molar-refractivity contribution in [1.82, 2.24) is 4.98 Å². The lowest BCUT2D eigenvalue weighted by Crippen LogP contribution is -2.18. The van der Waals surface area contributed by atoms with Gasteiger partial charge in [0.05, 0.1) is 18.9 Å². The van der Waals surface area contributed by atoms with Gasteiger partial charge >= 0.3 is 0 Å². The molecule has 1 aliphatic rings. The van der Waals surface area contributed by atoms with Gasteiger partial charge in [0, 0.05) is 23.6 Å². The normalized spacial score (nSPS) is 17.9. The van der Waals surface area contributed by atoms with Crippen molar-refractivity contribution in [2.75, 3.05) is 25.6 Å². The maximum Gasteiger partial charge on any atom is 0.183 e. The van der Waals surface area contributed by atoms with Crippen LogP contribution in [0, 0.1) is 6.92 Å². The molecule has 1 fully saturated rings. The largest absolute Gasteiger partial charge is 0.497 e. The van der Waals surface area contributed by atoms with E-state index in [0.717, 1.165) is 41.7 Å². The van der Waals surface area contributed by atoms with E-state index in [0.29, 0.717) is 6.10 Å². The molecule has 21 heavy (non-hydrogen) atoms. The van der Waals surface area contributed by atoms with Crippen molar-refractivity contribution in [3.63, 3.8) is 0 Å². The van der Waals surface area contributed by atoms with E-state index in [-0.39, 0.29) is 0 Å². The lowest BCUT2D eigenvalue weighted by Gasteiger charge is -2.09. The summed E-state index contributed by atoms with van der Waals surface area (Å²) in [4.78, 5) is 5.93. The molecule has 0 bridgehead atoms. The summed E-state index contributed by atoms with van der Waals surface area (Å²) in [5.41, 5.74) is 2.16. The van der Waals surface area contributed by atoms with Crippen LogP contribution in [0.25, 0.3) is 11.3 Å². The number of rotatable bonds is 5. The summed E-state index contributed by atoms with van der Waals surface area (Å²) in [5.74, 6) is 0.864. The van der Waals surface area contributed by atoms with Crippen LogP contribution >= 0.6 is 11.3 Å². The number of hydrogen-bond donors (Lipinski definition) is 1. The maximum absolute atomic E-state index is 5.62. The van der Waals surface area contributed by atoms with Gasteiger partial charge in [0.15, 0.2) is 5.13 Å². The highest BCUT2D eigenvalue weighted by Crippen LogP contribution is 2.31. The van der Waals surface area contributed by atoms with Crippen LogP contribution in [0.4, 0.5) is 5.13 Å². The zero-order valence-corrected chi connectivity index (χ0v) is 13.2. The maximum atomic E-state index is 5.62. The Hall–Kier alpha value is -1.59. The molecule has 1 N–H and O–H groups in total. The predicted octanol–water partition coefficient (Wildman–Crippen LogP) is 3.72. The molecule has 0 saturated carbocycles. The summed E-state index contributed by atoms with van der Waals surface area (Å²) in [6.45, 7) is 3.84. The van der Waals surface area contributed by atoms with Gasteiger partial charge in [-0.15, -0.1) is 11.3 Å². The number of benzene rings is 1. The van der Waals surface area contributed by atoms with Gasteiger partial charge in [-0.25, -0.2) is 4.98 Å². The van der Waals surface area contributed by atoms with E-state index in [9.17, 15) is 0 Å². The molecule has 1 aromatic heterocycles. The molecular weight excluding hydrogens is 284 g/mol. The molecule has 112 valence electrons. The van der Waals surface area contributed by atoms with Crippen molar-refractivity contribution in [2.24, 2.45) is 0 Å². The summed E-state index contributed by atoms with van der Waals surface area (Å²) in [5, 5.41) is 4.36. The summed E-state index contributed by atoms with van der Waals surface area (Å²) in [7, 11) is 1.68. The predicted molar refractivity (Wildman–Crippen MR) is 86.3 cm³/mol. The van der Waals surface area contributed by atoms with Gasteiger partial charge < -0.3 is 14.8 Å². The van der Waals surface area contributed by atoms with Crippen LogP contribution in [0.2, 0.25) is 0 Å². The highest BCUT2D eigenvalue weighted by atomic mass is 32.1. The fourth-order valence-corrected chi connectivity index (χ4v) is 3.34. The number of thiazole rings is 1. The van der Waals surface area contributed by atoms with E-state index in [1.54, 1.807) is 18.4 Å². The van der Waals surface area contributed by atoms with Gasteiger partial charge in [-0.1, -0.05) is 0 Å². The third-order valence-corrected chi connectivity index (χ3v) is 4.59. The Bertz CT molecular complexity index is 589. The monoisotopic (exact) mass is 304 g/mol. The first-order valence-corrected chi connectivity index (χ1v) is 8.05. The van der Waals surface area contributed by atoms with E-state index < -0.39 is 0 Å². The minimum absolute atomic E-state index is 0.332. The van der Waals surface area contributed by atoms with Gasteiger partial charge in [0.25, 0.3) is 0 Å². The van der Waals surface area contributed by atoms with E-state index in [2.05, 4.69) is 12.2 Å². The van der Waals surface area contributed by atoms with Crippen molar-refractivity contribution in [3.05, 3.63) is 29.1 Å². The molecule has 0 radical (unpaired) electrons. The Labute approximate surface area is 129 Å². The van der Waals surface area contributed by atoms with E-state index in [1.165, 1.54) is 11.3 Å². The number of nitrogens with zero attached hydrogens (tertiary/aromatic N) is 1. The van der Waals surface area contributed by atoms with Gasteiger partial charge in [-0.2, -0.15) is 0 Å². The molecule has 1 unspecified atom stereocenters. The molecule has 0 spiro atoms. The smallest absolute Gasteiger partial charge is 0.183 e. The minimum atomic E-state index is 0.332. The van der Waals surface area contributed by atoms with Gasteiger partial charge in [-0.3, -0.25) is 0 Å². The zero-order valence-electron chi connectivity index (χ0n) is 12.4. The fraction of sp³-hybridized carbons (Fsp3) is 0.438. The highest BCUT2D eigenvalue weighted by Gasteiger charge is 2.16. The first-order valence-electron chi connectivity index (χ1n) is 7.23. The van der Waals surface area contributed by atoms with Crippen LogP contribution in [-0.2, 0) is 4.74 Å². The molecule has 3 rings (SSSR count). The first kappa shape index (κ1) is 14.4. The molecule has 1 atom stereocenters. The highest BCUT2D eigenvalue weighted by molar-refractivity contribution is 7.16. The number of aryl methyl sites for hydroxylation is 1. The quantitative estimate of drug-likeness (QED) is 0.914. The number of anilines is 1. The van der Waals surface area contributed by atoms with E-state index in [4.69, 9.17) is 14.5 Å². The van der Waals surface area contributed by atoms with Gasteiger partial charge in [-0.05, 0) is 44.0 Å². The number of ether oxygens (including phenoxy) is 2. The second kappa shape index (κ2) is 6.45. The van der Waals surface area contributed by atoms with Crippen molar-refractivity contribution in [3.8, 4) is 17.0 Å². The molecule has 1 saturated heterocycles. The van der Waals surface area contributed by atoms with E-state index >= 15 is 0 Å². The molecule has 0 amide bonds. The number of nitrogens with one attached hydrogen (secondary N) is 1. The Morgan fingerprint density at radius 3 is 2.86 bits per heavy atom. The van der Waals surface area contributed by atoms with Crippen LogP contribution in [0.3, 0.4) is 0 Å². The molecule has 4 nitrogen and oxygen atoms in total. The first-order chi connectivity index (χ1) is 10.3. The summed E-state index contributed by atoms with van der Waals surface area (Å²) in [6.07, 6.45) is 2.64. The fourth-order valence-electron chi connectivity index (χ4n) is 2.50.